The molecule has 2 rings (SSSR count). The van der Waals surface area contributed by atoms with Gasteiger partial charge < -0.3 is 6.42 Å². The Morgan fingerprint density at radius 2 is 1.31 bits per heavy atom. The fourth-order valence-electron chi connectivity index (χ4n) is 3.58. The molecule has 0 aromatic heterocycles. The van der Waals surface area contributed by atoms with Gasteiger partial charge in [-0.2, -0.15) is 12.8 Å². The second-order valence-electron chi connectivity index (χ2n) is 5.84. The van der Waals surface area contributed by atoms with Gasteiger partial charge in [0.05, 0.1) is 0 Å². The Morgan fingerprint density at radius 3 is 1.88 bits per heavy atom. The van der Waals surface area contributed by atoms with Gasteiger partial charge in [-0.25, -0.2) is 0 Å². The molecule has 0 aliphatic heterocycles. The van der Waals surface area contributed by atoms with E-state index in [-0.39, 0.29) is 32.7 Å². The SMILES string of the molecule is CCC1CCC(CC2CC[CH-]CC2)CC1.[Y]. The molecule has 1 heteroatoms. The zero-order valence-electron chi connectivity index (χ0n) is 11.0. The van der Waals surface area contributed by atoms with Crippen molar-refractivity contribution in [3.63, 3.8) is 0 Å². The molecule has 0 saturated heterocycles. The summed E-state index contributed by atoms with van der Waals surface area (Å²) in [4.78, 5) is 0. The van der Waals surface area contributed by atoms with Crippen molar-refractivity contribution in [1.29, 1.82) is 0 Å². The van der Waals surface area contributed by atoms with Gasteiger partial charge >= 0.3 is 0 Å². The summed E-state index contributed by atoms with van der Waals surface area (Å²) in [5.41, 5.74) is 0. The summed E-state index contributed by atoms with van der Waals surface area (Å²) in [6.07, 6.45) is 17.4. The first kappa shape index (κ1) is 15.2. The van der Waals surface area contributed by atoms with E-state index in [1.165, 1.54) is 44.9 Å². The molecule has 2 fully saturated rings. The minimum absolute atomic E-state index is 0. The topological polar surface area (TPSA) is 0 Å². The van der Waals surface area contributed by atoms with Gasteiger partial charge in [0.25, 0.3) is 0 Å². The first-order valence-corrected chi connectivity index (χ1v) is 7.20. The van der Waals surface area contributed by atoms with Crippen LogP contribution in [0.3, 0.4) is 0 Å². The average molecular weight is 296 g/mol. The van der Waals surface area contributed by atoms with E-state index in [0.29, 0.717) is 0 Å². The Kier molecular flexibility index (Phi) is 7.82. The molecule has 2 aliphatic carbocycles. The van der Waals surface area contributed by atoms with Gasteiger partial charge in [0.2, 0.25) is 0 Å². The molecule has 0 bridgehead atoms. The largest absolute Gasteiger partial charge is 0.328 e. The van der Waals surface area contributed by atoms with Crippen LogP contribution in [0.5, 0.6) is 0 Å². The third-order valence-corrected chi connectivity index (χ3v) is 4.77. The Hall–Kier alpha value is 1.10. The number of hydrogen-bond acceptors (Lipinski definition) is 0. The summed E-state index contributed by atoms with van der Waals surface area (Å²) in [5, 5.41) is 0. The molecule has 0 N–H and O–H groups in total. The summed E-state index contributed by atoms with van der Waals surface area (Å²) < 4.78 is 0. The molecule has 0 heterocycles. The Morgan fingerprint density at radius 1 is 0.812 bits per heavy atom. The van der Waals surface area contributed by atoms with Crippen LogP contribution in [0.1, 0.15) is 71.1 Å². The first-order valence-electron chi connectivity index (χ1n) is 7.20. The fourth-order valence-corrected chi connectivity index (χ4v) is 3.58. The van der Waals surface area contributed by atoms with Crippen LogP contribution in [0, 0.1) is 24.2 Å². The zero-order valence-corrected chi connectivity index (χ0v) is 13.8. The molecule has 0 aromatic carbocycles. The van der Waals surface area contributed by atoms with Gasteiger partial charge in [0, 0.05) is 32.7 Å². The minimum Gasteiger partial charge on any atom is -0.328 e. The smallest absolute Gasteiger partial charge is 0 e. The van der Waals surface area contributed by atoms with Crippen LogP contribution < -0.4 is 0 Å². The van der Waals surface area contributed by atoms with Gasteiger partial charge in [-0.1, -0.05) is 51.9 Å². The molecule has 91 valence electrons. The third-order valence-electron chi connectivity index (χ3n) is 4.77. The maximum Gasteiger partial charge on any atom is 0 e. The summed E-state index contributed by atoms with van der Waals surface area (Å²) in [5.74, 6) is 3.25. The summed E-state index contributed by atoms with van der Waals surface area (Å²) >= 11 is 0. The fraction of sp³-hybridized carbons (Fsp3) is 0.933. The molecule has 0 aromatic rings. The molecule has 0 spiro atoms. The van der Waals surface area contributed by atoms with Crippen molar-refractivity contribution in [1.82, 2.24) is 0 Å². The first-order chi connectivity index (χ1) is 7.38. The normalized spacial score (nSPS) is 32.1. The van der Waals surface area contributed by atoms with Crippen LogP contribution in [0.15, 0.2) is 0 Å². The van der Waals surface area contributed by atoms with Crippen molar-refractivity contribution in [2.45, 2.75) is 71.1 Å². The quantitative estimate of drug-likeness (QED) is 0.644. The van der Waals surface area contributed by atoms with Crippen molar-refractivity contribution in [2.24, 2.45) is 17.8 Å². The van der Waals surface area contributed by atoms with E-state index in [1.807, 2.05) is 0 Å². The molecule has 16 heavy (non-hydrogen) atoms. The van der Waals surface area contributed by atoms with Gasteiger partial charge in [0.15, 0.2) is 0 Å². The predicted octanol–water partition coefficient (Wildman–Crippen LogP) is 4.98. The minimum atomic E-state index is 0. The van der Waals surface area contributed by atoms with Crippen molar-refractivity contribution in [2.75, 3.05) is 0 Å². The van der Waals surface area contributed by atoms with Crippen LogP contribution in [-0.4, -0.2) is 0 Å². The van der Waals surface area contributed by atoms with Gasteiger partial charge in [-0.05, 0) is 24.2 Å². The van der Waals surface area contributed by atoms with E-state index in [0.717, 1.165) is 17.8 Å². The Labute approximate surface area is 127 Å². The molecular formula is C15H27Y-. The summed E-state index contributed by atoms with van der Waals surface area (Å²) in [6, 6.07) is 0. The molecular weight excluding hydrogens is 269 g/mol. The zero-order chi connectivity index (χ0) is 10.5. The Bertz CT molecular complexity index is 164. The molecule has 0 nitrogen and oxygen atoms in total. The second kappa shape index (κ2) is 8.25. The van der Waals surface area contributed by atoms with Gasteiger partial charge in [0.1, 0.15) is 0 Å². The van der Waals surface area contributed by atoms with E-state index in [9.17, 15) is 0 Å². The second-order valence-corrected chi connectivity index (χ2v) is 5.84. The van der Waals surface area contributed by atoms with Crippen LogP contribution in [-0.2, 0) is 32.7 Å². The van der Waals surface area contributed by atoms with E-state index < -0.39 is 0 Å². The Balaban J connectivity index is 0.00000128. The van der Waals surface area contributed by atoms with Crippen molar-refractivity contribution in [3.8, 4) is 0 Å². The molecule has 0 unspecified atom stereocenters. The monoisotopic (exact) mass is 296 g/mol. The van der Waals surface area contributed by atoms with Crippen LogP contribution in [0.4, 0.5) is 0 Å². The van der Waals surface area contributed by atoms with E-state index >= 15 is 0 Å². The molecule has 1 radical (unpaired) electrons. The molecule has 2 saturated carbocycles. The van der Waals surface area contributed by atoms with E-state index in [2.05, 4.69) is 13.3 Å². The third kappa shape index (κ3) is 4.77. The van der Waals surface area contributed by atoms with E-state index in [1.54, 1.807) is 19.3 Å². The maximum atomic E-state index is 2.49. The van der Waals surface area contributed by atoms with Gasteiger partial charge in [-0.15, -0.1) is 0 Å². The van der Waals surface area contributed by atoms with Crippen LogP contribution in [0.25, 0.3) is 0 Å². The predicted molar refractivity (Wildman–Crippen MR) is 66.6 cm³/mol. The standard InChI is InChI=1S/C15H27.Y/c1-2-13-8-10-15(11-9-13)12-14-6-4-3-5-7-14;/h3,13-15H,2,4-12H2,1H3;/q-1;. The van der Waals surface area contributed by atoms with Crippen LogP contribution in [0.2, 0.25) is 0 Å². The van der Waals surface area contributed by atoms with Gasteiger partial charge in [-0.3, -0.25) is 0 Å². The van der Waals surface area contributed by atoms with Crippen molar-refractivity contribution in [3.05, 3.63) is 6.42 Å². The van der Waals surface area contributed by atoms with E-state index in [4.69, 9.17) is 0 Å². The number of rotatable bonds is 3. The van der Waals surface area contributed by atoms with Crippen molar-refractivity contribution >= 4 is 0 Å². The number of hydrogen-bond donors (Lipinski definition) is 0. The molecule has 0 atom stereocenters. The summed E-state index contributed by atoms with van der Waals surface area (Å²) in [7, 11) is 0. The van der Waals surface area contributed by atoms with Crippen LogP contribution >= 0.6 is 0 Å². The summed E-state index contributed by atoms with van der Waals surface area (Å²) in [6.45, 7) is 2.36. The van der Waals surface area contributed by atoms with Crippen molar-refractivity contribution < 1.29 is 32.7 Å². The molecule has 0 amide bonds. The molecule has 2 aliphatic rings. The maximum absolute atomic E-state index is 2.49. The average Bonchev–Trinajstić information content (AvgIpc) is 2.31.